The van der Waals surface area contributed by atoms with Crippen LogP contribution in [0.15, 0.2) is 35.1 Å². The van der Waals surface area contributed by atoms with E-state index in [1.165, 1.54) is 6.07 Å². The minimum Gasteiger partial charge on any atom is -0.493 e. The molecule has 0 saturated carbocycles. The van der Waals surface area contributed by atoms with E-state index < -0.39 is 0 Å². The van der Waals surface area contributed by atoms with Crippen molar-refractivity contribution < 1.29 is 9.47 Å². The summed E-state index contributed by atoms with van der Waals surface area (Å²) in [5.41, 5.74) is 1.32. The first kappa shape index (κ1) is 12.5. The topological polar surface area (TPSA) is 51.3 Å². The molecule has 18 heavy (non-hydrogen) atoms. The second-order valence-electron chi connectivity index (χ2n) is 3.65. The number of hydrogen-bond acceptors (Lipinski definition) is 3. The van der Waals surface area contributed by atoms with Crippen molar-refractivity contribution in [1.82, 2.24) is 4.98 Å². The summed E-state index contributed by atoms with van der Waals surface area (Å²) in [4.78, 5) is 13.9. The van der Waals surface area contributed by atoms with E-state index in [2.05, 4.69) is 4.98 Å². The number of aromatic amines is 1. The summed E-state index contributed by atoms with van der Waals surface area (Å²) in [6.45, 7) is 0. The number of methoxy groups -OCH3 is 2. The van der Waals surface area contributed by atoms with Crippen molar-refractivity contribution in [3.8, 4) is 22.6 Å². The summed E-state index contributed by atoms with van der Waals surface area (Å²) in [5, 5.41) is 0.298. The van der Waals surface area contributed by atoms with Crippen molar-refractivity contribution in [3.05, 3.63) is 45.8 Å². The first-order chi connectivity index (χ1) is 8.63. The third kappa shape index (κ3) is 2.49. The van der Waals surface area contributed by atoms with Gasteiger partial charge in [-0.15, -0.1) is 0 Å². The second-order valence-corrected chi connectivity index (χ2v) is 4.06. The van der Waals surface area contributed by atoms with E-state index in [0.29, 0.717) is 16.7 Å². The van der Waals surface area contributed by atoms with Gasteiger partial charge in [-0.05, 0) is 29.3 Å². The fourth-order valence-electron chi connectivity index (χ4n) is 1.69. The van der Waals surface area contributed by atoms with Crippen LogP contribution in [0, 0.1) is 0 Å². The Labute approximate surface area is 109 Å². The molecule has 2 rings (SSSR count). The summed E-state index contributed by atoms with van der Waals surface area (Å²) < 4.78 is 10.4. The van der Waals surface area contributed by atoms with Crippen molar-refractivity contribution in [2.24, 2.45) is 0 Å². The number of benzene rings is 1. The maximum Gasteiger partial charge on any atom is 0.249 e. The molecule has 5 heteroatoms. The molecule has 0 aliphatic carbocycles. The van der Waals surface area contributed by atoms with Crippen LogP contribution in [0.4, 0.5) is 0 Å². The largest absolute Gasteiger partial charge is 0.493 e. The first-order valence-corrected chi connectivity index (χ1v) is 5.64. The Morgan fingerprint density at radius 3 is 2.33 bits per heavy atom. The number of pyridine rings is 1. The molecule has 94 valence electrons. The van der Waals surface area contributed by atoms with Crippen LogP contribution < -0.4 is 15.0 Å². The molecular formula is C13H12ClNO3. The molecule has 0 unspecified atom stereocenters. The van der Waals surface area contributed by atoms with Gasteiger partial charge in [-0.1, -0.05) is 17.7 Å². The molecule has 0 aliphatic heterocycles. The van der Waals surface area contributed by atoms with Gasteiger partial charge in [0, 0.05) is 6.07 Å². The van der Waals surface area contributed by atoms with Gasteiger partial charge in [0.25, 0.3) is 0 Å². The van der Waals surface area contributed by atoms with E-state index in [4.69, 9.17) is 21.1 Å². The quantitative estimate of drug-likeness (QED) is 0.868. The van der Waals surface area contributed by atoms with Gasteiger partial charge >= 0.3 is 0 Å². The van der Waals surface area contributed by atoms with Gasteiger partial charge in [0.05, 0.1) is 14.2 Å². The average molecular weight is 266 g/mol. The number of aromatic nitrogens is 1. The summed E-state index contributed by atoms with van der Waals surface area (Å²) in [6.07, 6.45) is 0. The zero-order valence-electron chi connectivity index (χ0n) is 9.99. The van der Waals surface area contributed by atoms with Gasteiger partial charge in [0.2, 0.25) is 5.56 Å². The molecule has 1 aromatic heterocycles. The highest BCUT2D eigenvalue weighted by atomic mass is 35.5. The summed E-state index contributed by atoms with van der Waals surface area (Å²) in [7, 11) is 3.13. The van der Waals surface area contributed by atoms with Crippen molar-refractivity contribution in [2.75, 3.05) is 14.2 Å². The number of halogens is 1. The van der Waals surface area contributed by atoms with E-state index in [0.717, 1.165) is 11.1 Å². The molecule has 0 fully saturated rings. The van der Waals surface area contributed by atoms with Crippen molar-refractivity contribution in [2.45, 2.75) is 0 Å². The Morgan fingerprint density at radius 2 is 1.72 bits per heavy atom. The fraction of sp³-hybridized carbons (Fsp3) is 0.154. The standard InChI is InChI=1S/C13H12ClNO3/c1-17-10-4-3-8(5-11(10)18-2)9-6-12(14)15-13(16)7-9/h3-7H,1-2H3,(H,15,16). The van der Waals surface area contributed by atoms with Gasteiger partial charge in [-0.2, -0.15) is 0 Å². The molecule has 4 nitrogen and oxygen atoms in total. The second kappa shape index (κ2) is 5.14. The monoisotopic (exact) mass is 265 g/mol. The third-order valence-electron chi connectivity index (χ3n) is 2.53. The molecular weight excluding hydrogens is 254 g/mol. The smallest absolute Gasteiger partial charge is 0.249 e. The summed E-state index contributed by atoms with van der Waals surface area (Å²) in [5.74, 6) is 1.24. The van der Waals surface area contributed by atoms with Crippen LogP contribution in [0.2, 0.25) is 5.15 Å². The normalized spacial score (nSPS) is 10.2. The summed E-state index contributed by atoms with van der Waals surface area (Å²) in [6, 6.07) is 8.58. The van der Waals surface area contributed by atoms with Crippen LogP contribution in [0.25, 0.3) is 11.1 Å². The van der Waals surface area contributed by atoms with Crippen LogP contribution in [-0.2, 0) is 0 Å². The summed E-state index contributed by atoms with van der Waals surface area (Å²) >= 11 is 5.82. The minimum atomic E-state index is -0.243. The first-order valence-electron chi connectivity index (χ1n) is 5.26. The molecule has 0 bridgehead atoms. The number of ether oxygens (including phenoxy) is 2. The van der Waals surface area contributed by atoms with E-state index in [1.54, 1.807) is 32.4 Å². The Bertz CT molecular complexity index is 622. The molecule has 0 aliphatic rings. The average Bonchev–Trinajstić information content (AvgIpc) is 2.36. The molecule has 2 aromatic rings. The molecule has 0 saturated heterocycles. The van der Waals surface area contributed by atoms with Gasteiger partial charge in [-0.25, -0.2) is 0 Å². The maximum atomic E-state index is 11.4. The lowest BCUT2D eigenvalue weighted by molar-refractivity contribution is 0.355. The zero-order chi connectivity index (χ0) is 13.1. The van der Waals surface area contributed by atoms with Gasteiger partial charge in [-0.3, -0.25) is 4.79 Å². The Morgan fingerprint density at radius 1 is 1.00 bits per heavy atom. The molecule has 1 N–H and O–H groups in total. The van der Waals surface area contributed by atoms with Gasteiger partial charge < -0.3 is 14.5 Å². The van der Waals surface area contributed by atoms with Crippen molar-refractivity contribution in [3.63, 3.8) is 0 Å². The van der Waals surface area contributed by atoms with Crippen LogP contribution >= 0.6 is 11.6 Å². The number of rotatable bonds is 3. The predicted octanol–water partition coefficient (Wildman–Crippen LogP) is 2.71. The molecule has 1 aromatic carbocycles. The predicted molar refractivity (Wildman–Crippen MR) is 70.6 cm³/mol. The Balaban J connectivity index is 2.54. The lowest BCUT2D eigenvalue weighted by Crippen LogP contribution is -2.03. The number of hydrogen-bond donors (Lipinski definition) is 1. The minimum absolute atomic E-state index is 0.243. The van der Waals surface area contributed by atoms with Crippen LogP contribution in [0.1, 0.15) is 0 Å². The SMILES string of the molecule is COc1ccc(-c2cc(Cl)[nH]c(=O)c2)cc1OC. The maximum absolute atomic E-state index is 11.4. The molecule has 1 heterocycles. The van der Waals surface area contributed by atoms with E-state index in [1.807, 2.05) is 6.07 Å². The number of H-pyrrole nitrogens is 1. The van der Waals surface area contributed by atoms with Gasteiger partial charge in [0.15, 0.2) is 11.5 Å². The Kier molecular flexibility index (Phi) is 3.58. The molecule has 0 radical (unpaired) electrons. The van der Waals surface area contributed by atoms with E-state index >= 15 is 0 Å². The van der Waals surface area contributed by atoms with Crippen LogP contribution in [0.3, 0.4) is 0 Å². The fourth-order valence-corrected chi connectivity index (χ4v) is 1.90. The molecule has 0 atom stereocenters. The van der Waals surface area contributed by atoms with Crippen molar-refractivity contribution in [1.29, 1.82) is 0 Å². The lowest BCUT2D eigenvalue weighted by Gasteiger charge is -2.09. The highest BCUT2D eigenvalue weighted by Gasteiger charge is 2.07. The number of nitrogens with one attached hydrogen (secondary N) is 1. The zero-order valence-corrected chi connectivity index (χ0v) is 10.7. The molecule has 0 spiro atoms. The van der Waals surface area contributed by atoms with Crippen molar-refractivity contribution >= 4 is 11.6 Å². The van der Waals surface area contributed by atoms with E-state index in [9.17, 15) is 4.79 Å². The molecule has 0 amide bonds. The Hall–Kier alpha value is -1.94. The highest BCUT2D eigenvalue weighted by Crippen LogP contribution is 2.32. The lowest BCUT2D eigenvalue weighted by atomic mass is 10.1. The van der Waals surface area contributed by atoms with Crippen LogP contribution in [-0.4, -0.2) is 19.2 Å². The third-order valence-corrected chi connectivity index (χ3v) is 2.73. The van der Waals surface area contributed by atoms with Crippen LogP contribution in [0.5, 0.6) is 11.5 Å². The van der Waals surface area contributed by atoms with Gasteiger partial charge in [0.1, 0.15) is 5.15 Å². The highest BCUT2D eigenvalue weighted by molar-refractivity contribution is 6.29. The van der Waals surface area contributed by atoms with E-state index in [-0.39, 0.29) is 5.56 Å².